The van der Waals surface area contributed by atoms with Crippen LogP contribution in [0.15, 0.2) is 48.9 Å². The fourth-order valence-corrected chi connectivity index (χ4v) is 3.89. The Kier molecular flexibility index (Phi) is 5.61. The smallest absolute Gasteiger partial charge is 0.366 e. The van der Waals surface area contributed by atoms with Gasteiger partial charge in [-0.05, 0) is 23.8 Å². The summed E-state index contributed by atoms with van der Waals surface area (Å²) in [7, 11) is 0. The number of hydrogen-bond donors (Lipinski definition) is 1. The molecule has 4 rings (SSSR count). The molecule has 6 nitrogen and oxygen atoms in total. The van der Waals surface area contributed by atoms with E-state index >= 15 is 0 Å². The maximum atomic E-state index is 12.7. The summed E-state index contributed by atoms with van der Waals surface area (Å²) < 4.78 is 39.3. The Balaban J connectivity index is 1.39. The quantitative estimate of drug-likeness (QED) is 0.677. The SMILES string of the molecule is FC(F)(F)c1ccn(-c2ccc(CNc3cc(N4CCSCC4)ncn3)cc2)n1. The van der Waals surface area contributed by atoms with Crippen LogP contribution in [0.25, 0.3) is 5.69 Å². The van der Waals surface area contributed by atoms with Crippen molar-refractivity contribution in [2.75, 3.05) is 34.8 Å². The molecule has 0 bridgehead atoms. The number of anilines is 2. The number of thioether (sulfide) groups is 1. The third kappa shape index (κ3) is 4.81. The highest BCUT2D eigenvalue weighted by atomic mass is 32.2. The van der Waals surface area contributed by atoms with Crippen LogP contribution in [0.3, 0.4) is 0 Å². The lowest BCUT2D eigenvalue weighted by Gasteiger charge is -2.27. The molecule has 1 fully saturated rings. The molecule has 0 radical (unpaired) electrons. The summed E-state index contributed by atoms with van der Waals surface area (Å²) in [6, 6.07) is 10.1. The van der Waals surface area contributed by atoms with Crippen LogP contribution >= 0.6 is 11.8 Å². The highest BCUT2D eigenvalue weighted by Crippen LogP contribution is 2.28. The number of halogens is 3. The molecule has 0 amide bonds. The molecule has 0 saturated carbocycles. The number of nitrogens with zero attached hydrogens (tertiary/aromatic N) is 5. The first-order valence-electron chi connectivity index (χ1n) is 9.10. The predicted molar refractivity (Wildman–Crippen MR) is 107 cm³/mol. The van der Waals surface area contributed by atoms with E-state index in [2.05, 4.69) is 25.3 Å². The van der Waals surface area contributed by atoms with E-state index in [9.17, 15) is 13.2 Å². The van der Waals surface area contributed by atoms with E-state index in [0.29, 0.717) is 12.2 Å². The Labute approximate surface area is 170 Å². The van der Waals surface area contributed by atoms with Gasteiger partial charge in [0.25, 0.3) is 0 Å². The molecule has 152 valence electrons. The van der Waals surface area contributed by atoms with E-state index in [4.69, 9.17) is 0 Å². The second-order valence-electron chi connectivity index (χ2n) is 6.52. The zero-order valence-corrected chi connectivity index (χ0v) is 16.2. The lowest BCUT2D eigenvalue weighted by molar-refractivity contribution is -0.141. The molecule has 0 aliphatic carbocycles. The van der Waals surface area contributed by atoms with Crippen LogP contribution in [-0.4, -0.2) is 44.3 Å². The van der Waals surface area contributed by atoms with E-state index < -0.39 is 11.9 Å². The standard InChI is InChI=1S/C19H19F3N6S/c20-19(21,22)16-5-6-28(26-16)15-3-1-14(2-4-15)12-23-17-11-18(25-13-24-17)27-7-9-29-10-8-27/h1-6,11,13H,7-10,12H2,(H,23,24,25). The number of alkyl halides is 3. The maximum absolute atomic E-state index is 12.7. The summed E-state index contributed by atoms with van der Waals surface area (Å²) in [5.74, 6) is 3.84. The third-order valence-corrected chi connectivity index (χ3v) is 5.48. The van der Waals surface area contributed by atoms with Gasteiger partial charge in [0.2, 0.25) is 0 Å². The monoisotopic (exact) mass is 420 g/mol. The molecule has 1 aliphatic rings. The molecule has 0 spiro atoms. The van der Waals surface area contributed by atoms with E-state index in [1.807, 2.05) is 30.0 Å². The van der Waals surface area contributed by atoms with Crippen LogP contribution in [0.4, 0.5) is 24.8 Å². The van der Waals surface area contributed by atoms with Gasteiger partial charge < -0.3 is 10.2 Å². The Morgan fingerprint density at radius 2 is 1.79 bits per heavy atom. The van der Waals surface area contributed by atoms with Crippen molar-refractivity contribution in [2.45, 2.75) is 12.7 Å². The average Bonchev–Trinajstić information content (AvgIpc) is 3.24. The van der Waals surface area contributed by atoms with Gasteiger partial charge in [0.1, 0.15) is 18.0 Å². The topological polar surface area (TPSA) is 58.9 Å². The van der Waals surface area contributed by atoms with Gasteiger partial charge in [-0.3, -0.25) is 0 Å². The van der Waals surface area contributed by atoms with Crippen LogP contribution < -0.4 is 10.2 Å². The van der Waals surface area contributed by atoms with Crippen molar-refractivity contribution in [1.82, 2.24) is 19.7 Å². The number of rotatable bonds is 5. The molecule has 1 aliphatic heterocycles. The van der Waals surface area contributed by atoms with Gasteiger partial charge >= 0.3 is 6.18 Å². The first-order valence-corrected chi connectivity index (χ1v) is 10.3. The van der Waals surface area contributed by atoms with Crippen molar-refractivity contribution in [3.63, 3.8) is 0 Å². The van der Waals surface area contributed by atoms with Crippen molar-refractivity contribution in [3.8, 4) is 5.69 Å². The van der Waals surface area contributed by atoms with Gasteiger partial charge in [0, 0.05) is 43.4 Å². The summed E-state index contributed by atoms with van der Waals surface area (Å²) in [5.41, 5.74) is 0.637. The number of benzene rings is 1. The Hall–Kier alpha value is -2.75. The second-order valence-corrected chi connectivity index (χ2v) is 7.75. The van der Waals surface area contributed by atoms with Crippen molar-refractivity contribution in [3.05, 3.63) is 60.2 Å². The van der Waals surface area contributed by atoms with Crippen LogP contribution in [0.5, 0.6) is 0 Å². The predicted octanol–water partition coefficient (Wildman–Crippen LogP) is 3.85. The van der Waals surface area contributed by atoms with Crippen LogP contribution in [-0.2, 0) is 12.7 Å². The largest absolute Gasteiger partial charge is 0.435 e. The van der Waals surface area contributed by atoms with Crippen LogP contribution in [0.1, 0.15) is 11.3 Å². The first-order chi connectivity index (χ1) is 14.0. The summed E-state index contributed by atoms with van der Waals surface area (Å²) in [6.45, 7) is 2.50. The molecule has 2 aromatic heterocycles. The summed E-state index contributed by atoms with van der Waals surface area (Å²) in [4.78, 5) is 10.9. The van der Waals surface area contributed by atoms with Gasteiger partial charge in [-0.25, -0.2) is 14.6 Å². The van der Waals surface area contributed by atoms with E-state index in [0.717, 1.165) is 47.9 Å². The molecule has 3 aromatic rings. The lowest BCUT2D eigenvalue weighted by Crippen LogP contribution is -2.33. The molecule has 0 atom stereocenters. The number of aromatic nitrogens is 4. The average molecular weight is 420 g/mol. The Morgan fingerprint density at radius 3 is 2.48 bits per heavy atom. The normalized spacial score (nSPS) is 14.8. The highest BCUT2D eigenvalue weighted by Gasteiger charge is 2.33. The van der Waals surface area contributed by atoms with Gasteiger partial charge in [-0.15, -0.1) is 0 Å². The van der Waals surface area contributed by atoms with E-state index in [1.165, 1.54) is 10.9 Å². The Bertz CT molecular complexity index is 951. The minimum atomic E-state index is -4.45. The zero-order chi connectivity index (χ0) is 20.3. The van der Waals surface area contributed by atoms with Crippen molar-refractivity contribution in [2.24, 2.45) is 0 Å². The van der Waals surface area contributed by atoms with Crippen LogP contribution in [0, 0.1) is 0 Å². The van der Waals surface area contributed by atoms with E-state index in [-0.39, 0.29) is 0 Å². The fraction of sp³-hybridized carbons (Fsp3) is 0.316. The number of nitrogens with one attached hydrogen (secondary N) is 1. The summed E-state index contributed by atoms with van der Waals surface area (Å²) >= 11 is 1.94. The molecule has 1 N–H and O–H groups in total. The van der Waals surface area contributed by atoms with Crippen LogP contribution in [0.2, 0.25) is 0 Å². The first kappa shape index (κ1) is 19.6. The van der Waals surface area contributed by atoms with E-state index in [1.54, 1.807) is 18.5 Å². The molecule has 10 heteroatoms. The van der Waals surface area contributed by atoms with Gasteiger partial charge in [0.15, 0.2) is 5.69 Å². The maximum Gasteiger partial charge on any atom is 0.435 e. The molecule has 1 aromatic carbocycles. The van der Waals surface area contributed by atoms with Crippen molar-refractivity contribution < 1.29 is 13.2 Å². The zero-order valence-electron chi connectivity index (χ0n) is 15.4. The molecular formula is C19H19F3N6S. The third-order valence-electron chi connectivity index (χ3n) is 4.54. The number of hydrogen-bond acceptors (Lipinski definition) is 6. The second kappa shape index (κ2) is 8.32. The Morgan fingerprint density at radius 1 is 1.03 bits per heavy atom. The molecular weight excluding hydrogens is 401 g/mol. The lowest BCUT2D eigenvalue weighted by atomic mass is 10.2. The van der Waals surface area contributed by atoms with Gasteiger partial charge in [0.05, 0.1) is 5.69 Å². The van der Waals surface area contributed by atoms with Crippen molar-refractivity contribution in [1.29, 1.82) is 0 Å². The minimum Gasteiger partial charge on any atom is -0.366 e. The molecule has 29 heavy (non-hydrogen) atoms. The minimum absolute atomic E-state index is 0.541. The molecule has 1 saturated heterocycles. The van der Waals surface area contributed by atoms with Gasteiger partial charge in [-0.2, -0.15) is 30.0 Å². The van der Waals surface area contributed by atoms with Gasteiger partial charge in [-0.1, -0.05) is 12.1 Å². The molecule has 0 unspecified atom stereocenters. The summed E-state index contributed by atoms with van der Waals surface area (Å²) in [5, 5.41) is 6.85. The fourth-order valence-electron chi connectivity index (χ4n) is 2.99. The summed E-state index contributed by atoms with van der Waals surface area (Å²) in [6.07, 6.45) is -1.59. The van der Waals surface area contributed by atoms with Crippen molar-refractivity contribution >= 4 is 23.4 Å². The molecule has 3 heterocycles. The highest BCUT2D eigenvalue weighted by molar-refractivity contribution is 7.99.